The predicted molar refractivity (Wildman–Crippen MR) is 166 cm³/mol. The van der Waals surface area contributed by atoms with Crippen LogP contribution in [0.5, 0.6) is 11.5 Å². The van der Waals surface area contributed by atoms with Crippen LogP contribution >= 0.6 is 0 Å². The van der Waals surface area contributed by atoms with Crippen molar-refractivity contribution in [3.05, 3.63) is 139 Å². The molecule has 3 heterocycles. The van der Waals surface area contributed by atoms with Crippen LogP contribution in [-0.2, 0) is 26.5 Å². The van der Waals surface area contributed by atoms with Gasteiger partial charge in [-0.25, -0.2) is 4.98 Å². The number of hydrogen-bond donors (Lipinski definition) is 0. The summed E-state index contributed by atoms with van der Waals surface area (Å²) in [5, 5.41) is 2.25. The summed E-state index contributed by atoms with van der Waals surface area (Å²) in [7, 11) is 0. The SMILES string of the molecule is Cc1ccnc(-n2c3[c-]c(Oc4[c-]c(-n5[c-][n+](-c6ccc(C(C)(C)C)cc6)cc5)ccc4)ccc3c3ccccc32)c1.[Pt]. The quantitative estimate of drug-likeness (QED) is 0.132. The first kappa shape index (κ1) is 28.6. The van der Waals surface area contributed by atoms with Crippen LogP contribution in [0.2, 0.25) is 0 Å². The summed E-state index contributed by atoms with van der Waals surface area (Å²) in [6, 6.07) is 37.9. The molecule has 6 heteroatoms. The molecule has 7 aromatic rings. The van der Waals surface area contributed by atoms with Crippen LogP contribution in [0.4, 0.5) is 0 Å². The van der Waals surface area contributed by atoms with E-state index in [0.29, 0.717) is 11.5 Å². The van der Waals surface area contributed by atoms with Gasteiger partial charge < -0.3 is 13.9 Å². The summed E-state index contributed by atoms with van der Waals surface area (Å²) in [6.45, 7) is 8.74. The number of aromatic nitrogens is 4. The molecule has 0 aliphatic rings. The molecule has 0 saturated heterocycles. The molecule has 0 fully saturated rings. The Morgan fingerprint density at radius 2 is 1.60 bits per heavy atom. The molecule has 0 spiro atoms. The number of pyridine rings is 1. The molecule has 216 valence electrons. The summed E-state index contributed by atoms with van der Waals surface area (Å²) >= 11 is 0. The number of rotatable bonds is 5. The normalized spacial score (nSPS) is 11.5. The largest absolute Gasteiger partial charge is 0.510 e. The van der Waals surface area contributed by atoms with Crippen LogP contribution in [0, 0.1) is 25.4 Å². The maximum Gasteiger partial charge on any atom is 0.267 e. The van der Waals surface area contributed by atoms with Gasteiger partial charge in [0.2, 0.25) is 0 Å². The number of imidazole rings is 1. The summed E-state index contributed by atoms with van der Waals surface area (Å²) in [4.78, 5) is 4.67. The van der Waals surface area contributed by atoms with Crippen molar-refractivity contribution in [2.75, 3.05) is 0 Å². The molecule has 0 aliphatic carbocycles. The fraction of sp³-hybridized carbons (Fsp3) is 0.135. The monoisotopic (exact) mass is 741 g/mol. The minimum absolute atomic E-state index is 0. The van der Waals surface area contributed by atoms with Crippen LogP contribution in [0.3, 0.4) is 0 Å². The Bertz CT molecular complexity index is 2070. The van der Waals surface area contributed by atoms with Crippen molar-refractivity contribution in [1.29, 1.82) is 0 Å². The van der Waals surface area contributed by atoms with Crippen molar-refractivity contribution >= 4 is 21.8 Å². The van der Waals surface area contributed by atoms with E-state index in [0.717, 1.165) is 44.6 Å². The van der Waals surface area contributed by atoms with Gasteiger partial charge in [-0.1, -0.05) is 56.6 Å². The van der Waals surface area contributed by atoms with Crippen molar-refractivity contribution < 1.29 is 30.4 Å². The molecule has 3 aromatic heterocycles. The van der Waals surface area contributed by atoms with Gasteiger partial charge in [0, 0.05) is 56.7 Å². The van der Waals surface area contributed by atoms with E-state index in [1.165, 1.54) is 5.56 Å². The van der Waals surface area contributed by atoms with Gasteiger partial charge in [0.1, 0.15) is 5.82 Å². The number of para-hydroxylation sites is 1. The third-order valence-electron chi connectivity index (χ3n) is 7.51. The maximum atomic E-state index is 6.32. The van der Waals surface area contributed by atoms with E-state index >= 15 is 0 Å². The predicted octanol–water partition coefficient (Wildman–Crippen LogP) is 8.04. The van der Waals surface area contributed by atoms with Gasteiger partial charge in [0.15, 0.2) is 0 Å². The molecular formula is C37H30N4OPt-2. The summed E-state index contributed by atoms with van der Waals surface area (Å²) in [5.41, 5.74) is 6.44. The molecule has 0 bridgehead atoms. The van der Waals surface area contributed by atoms with Crippen LogP contribution in [0.15, 0.2) is 110 Å². The molecule has 7 rings (SSSR count). The Kier molecular flexibility index (Phi) is 7.54. The Balaban J connectivity index is 0.00000329. The summed E-state index contributed by atoms with van der Waals surface area (Å²) in [6.07, 6.45) is 9.20. The molecule has 43 heavy (non-hydrogen) atoms. The first-order valence-corrected chi connectivity index (χ1v) is 14.1. The Morgan fingerprint density at radius 3 is 2.40 bits per heavy atom. The second-order valence-electron chi connectivity index (χ2n) is 11.6. The fourth-order valence-corrected chi connectivity index (χ4v) is 5.28. The van der Waals surface area contributed by atoms with Crippen LogP contribution < -0.4 is 9.30 Å². The number of nitrogens with zero attached hydrogens (tertiary/aromatic N) is 4. The molecular weight excluding hydrogens is 712 g/mol. The molecule has 0 amide bonds. The molecule has 0 atom stereocenters. The minimum Gasteiger partial charge on any atom is -0.510 e. The van der Waals surface area contributed by atoms with Crippen molar-refractivity contribution in [2.45, 2.75) is 33.1 Å². The van der Waals surface area contributed by atoms with Gasteiger partial charge in [-0.05, 0) is 64.9 Å². The Hall–Kier alpha value is -4.47. The molecule has 4 aromatic carbocycles. The average molecular weight is 742 g/mol. The van der Waals surface area contributed by atoms with E-state index in [-0.39, 0.29) is 26.5 Å². The van der Waals surface area contributed by atoms with Crippen molar-refractivity contribution in [3.8, 4) is 28.7 Å². The van der Waals surface area contributed by atoms with E-state index < -0.39 is 0 Å². The van der Waals surface area contributed by atoms with Crippen molar-refractivity contribution in [1.82, 2.24) is 14.1 Å². The van der Waals surface area contributed by atoms with Gasteiger partial charge in [-0.2, -0.15) is 18.2 Å². The minimum atomic E-state index is 0. The van der Waals surface area contributed by atoms with Crippen LogP contribution in [-0.4, -0.2) is 14.1 Å². The number of hydrogen-bond acceptors (Lipinski definition) is 2. The van der Waals surface area contributed by atoms with Crippen LogP contribution in [0.25, 0.3) is 39.0 Å². The second kappa shape index (κ2) is 11.3. The molecule has 0 radical (unpaired) electrons. The second-order valence-corrected chi connectivity index (χ2v) is 11.6. The number of fused-ring (bicyclic) bond motifs is 3. The van der Waals surface area contributed by atoms with E-state index in [4.69, 9.17) is 4.74 Å². The van der Waals surface area contributed by atoms with E-state index in [2.05, 4.69) is 110 Å². The van der Waals surface area contributed by atoms with E-state index in [9.17, 15) is 0 Å². The topological polar surface area (TPSA) is 35.9 Å². The van der Waals surface area contributed by atoms with Crippen molar-refractivity contribution in [2.24, 2.45) is 0 Å². The number of benzene rings is 4. The third-order valence-corrected chi connectivity index (χ3v) is 7.51. The van der Waals surface area contributed by atoms with E-state index in [1.807, 2.05) is 64.1 Å². The van der Waals surface area contributed by atoms with E-state index in [1.54, 1.807) is 0 Å². The smallest absolute Gasteiger partial charge is 0.267 e. The first-order chi connectivity index (χ1) is 20.3. The van der Waals surface area contributed by atoms with Gasteiger partial charge in [-0.15, -0.1) is 29.7 Å². The summed E-state index contributed by atoms with van der Waals surface area (Å²) < 4.78 is 12.4. The zero-order valence-corrected chi connectivity index (χ0v) is 26.7. The van der Waals surface area contributed by atoms with Gasteiger partial charge in [0.05, 0.1) is 5.69 Å². The summed E-state index contributed by atoms with van der Waals surface area (Å²) in [5.74, 6) is 2.06. The molecule has 0 unspecified atom stereocenters. The van der Waals surface area contributed by atoms with Gasteiger partial charge in [0.25, 0.3) is 6.33 Å². The standard InChI is InChI=1S/C37H30N4O.Pt/c1-26-18-19-38-36(22-26)41-34-11-6-5-10-32(34)33-17-16-31(24-35(33)41)42-30-9-7-8-29(23-30)40-21-20-39(25-40)28-14-12-27(13-15-28)37(2,3)4;/h5-22H,1-4H3;/q-2;. The molecule has 0 aliphatic heterocycles. The molecule has 0 N–H and O–H groups in total. The Morgan fingerprint density at radius 1 is 0.814 bits per heavy atom. The number of ether oxygens (including phenoxy) is 1. The third kappa shape index (κ3) is 5.53. The molecule has 5 nitrogen and oxygen atoms in total. The van der Waals surface area contributed by atoms with Gasteiger partial charge in [-0.3, -0.25) is 4.57 Å². The first-order valence-electron chi connectivity index (χ1n) is 14.1. The average Bonchev–Trinajstić information content (AvgIpc) is 3.60. The molecule has 0 saturated carbocycles. The Labute approximate surface area is 266 Å². The fourth-order valence-electron chi connectivity index (χ4n) is 5.28. The van der Waals surface area contributed by atoms with Gasteiger partial charge >= 0.3 is 0 Å². The van der Waals surface area contributed by atoms with Crippen molar-refractivity contribution in [3.63, 3.8) is 0 Å². The number of aryl methyl sites for hydroxylation is 1. The maximum absolute atomic E-state index is 6.32. The van der Waals surface area contributed by atoms with Crippen LogP contribution in [0.1, 0.15) is 31.9 Å². The zero-order chi connectivity index (χ0) is 28.8. The zero-order valence-electron chi connectivity index (χ0n) is 24.4.